The predicted octanol–water partition coefficient (Wildman–Crippen LogP) is -0.434. The molecule has 0 saturated heterocycles. The maximum atomic E-state index is 8.61. The number of nitrogens with zero attached hydrogens (tertiary/aromatic N) is 1. The van der Waals surface area contributed by atoms with Crippen molar-refractivity contribution in [1.29, 1.82) is 0 Å². The minimum Gasteiger partial charge on any atom is -0.387 e. The molecule has 0 bridgehead atoms. The van der Waals surface area contributed by atoms with Gasteiger partial charge < -0.3 is 5.11 Å². The maximum absolute atomic E-state index is 8.61. The molecule has 0 saturated carbocycles. The molecule has 0 radical (unpaired) electrons. The van der Waals surface area contributed by atoms with Crippen LogP contribution in [-0.4, -0.2) is 28.0 Å². The predicted molar refractivity (Wildman–Crippen MR) is 23.6 cm³/mol. The summed E-state index contributed by atoms with van der Waals surface area (Å²) in [6, 6.07) is 0. The molecule has 0 aromatic rings. The van der Waals surface area contributed by atoms with E-state index in [0.29, 0.717) is 6.54 Å². The first-order valence-electron chi connectivity index (χ1n) is 2.11. The summed E-state index contributed by atoms with van der Waals surface area (Å²) in [5, 5.41) is 18.0. The average Bonchev–Trinajstić information content (AvgIpc) is 1.87. The van der Waals surface area contributed by atoms with Crippen molar-refractivity contribution in [3.05, 3.63) is 12.3 Å². The molecule has 0 aliphatic carbocycles. The smallest absolute Gasteiger partial charge is 0.0938 e. The Labute approximate surface area is 41.4 Å². The molecule has 7 heavy (non-hydrogen) atoms. The number of rotatable bonds is 0. The van der Waals surface area contributed by atoms with Crippen molar-refractivity contribution < 1.29 is 10.3 Å². The lowest BCUT2D eigenvalue weighted by molar-refractivity contribution is -0.0473. The standard InChI is InChI=1S/C4H7NO2/c6-4-1-2-5(7)3-4/h1-2,4,6-7H,3H2. The summed E-state index contributed by atoms with van der Waals surface area (Å²) < 4.78 is 0. The molecule has 0 amide bonds. The molecule has 2 N–H and O–H groups in total. The molecule has 3 nitrogen and oxygen atoms in total. The molecule has 40 valence electrons. The lowest BCUT2D eigenvalue weighted by atomic mass is 10.4. The molecular weight excluding hydrogens is 94.0 g/mol. The fourth-order valence-corrected chi connectivity index (χ4v) is 0.512. The van der Waals surface area contributed by atoms with Gasteiger partial charge in [-0.1, -0.05) is 0 Å². The second-order valence-corrected chi connectivity index (χ2v) is 1.53. The van der Waals surface area contributed by atoms with E-state index in [0.717, 1.165) is 5.06 Å². The van der Waals surface area contributed by atoms with Crippen LogP contribution in [0, 0.1) is 0 Å². The van der Waals surface area contributed by atoms with Crippen LogP contribution in [0.25, 0.3) is 0 Å². The van der Waals surface area contributed by atoms with E-state index >= 15 is 0 Å². The molecule has 0 aromatic carbocycles. The van der Waals surface area contributed by atoms with Gasteiger partial charge in [0.25, 0.3) is 0 Å². The van der Waals surface area contributed by atoms with Crippen molar-refractivity contribution in [2.24, 2.45) is 0 Å². The summed E-state index contributed by atoms with van der Waals surface area (Å²) in [6.45, 7) is 0.306. The van der Waals surface area contributed by atoms with Gasteiger partial charge in [0.05, 0.1) is 12.6 Å². The van der Waals surface area contributed by atoms with Crippen molar-refractivity contribution >= 4 is 0 Å². The Balaban J connectivity index is 2.42. The van der Waals surface area contributed by atoms with Gasteiger partial charge in [0.2, 0.25) is 0 Å². The Morgan fingerprint density at radius 3 is 2.57 bits per heavy atom. The molecular formula is C4H7NO2. The molecule has 0 aromatic heterocycles. The lowest BCUT2D eigenvalue weighted by Crippen LogP contribution is -2.16. The number of hydroxylamine groups is 2. The summed E-state index contributed by atoms with van der Waals surface area (Å²) in [5.74, 6) is 0. The number of aliphatic hydroxyl groups excluding tert-OH is 1. The van der Waals surface area contributed by atoms with E-state index in [-0.39, 0.29) is 0 Å². The fourth-order valence-electron chi connectivity index (χ4n) is 0.512. The van der Waals surface area contributed by atoms with Gasteiger partial charge in [0, 0.05) is 6.20 Å². The zero-order chi connectivity index (χ0) is 5.28. The van der Waals surface area contributed by atoms with E-state index in [2.05, 4.69) is 0 Å². The van der Waals surface area contributed by atoms with Crippen LogP contribution in [0.4, 0.5) is 0 Å². The molecule has 1 atom stereocenters. The van der Waals surface area contributed by atoms with Crippen LogP contribution >= 0.6 is 0 Å². The molecule has 1 unspecified atom stereocenters. The monoisotopic (exact) mass is 101 g/mol. The highest BCUT2D eigenvalue weighted by Crippen LogP contribution is 1.99. The number of aliphatic hydroxyl groups is 1. The lowest BCUT2D eigenvalue weighted by Gasteiger charge is -2.03. The van der Waals surface area contributed by atoms with E-state index in [9.17, 15) is 0 Å². The third kappa shape index (κ3) is 0.913. The van der Waals surface area contributed by atoms with Gasteiger partial charge in [-0.3, -0.25) is 10.3 Å². The van der Waals surface area contributed by atoms with Crippen LogP contribution in [0.2, 0.25) is 0 Å². The quantitative estimate of drug-likeness (QED) is 0.435. The van der Waals surface area contributed by atoms with E-state index in [1.165, 1.54) is 12.3 Å². The molecule has 3 heteroatoms. The van der Waals surface area contributed by atoms with E-state index in [4.69, 9.17) is 10.3 Å². The fraction of sp³-hybridized carbons (Fsp3) is 0.500. The Morgan fingerprint density at radius 1 is 1.71 bits per heavy atom. The third-order valence-electron chi connectivity index (χ3n) is 0.854. The van der Waals surface area contributed by atoms with E-state index < -0.39 is 6.10 Å². The number of hydrogen-bond donors (Lipinski definition) is 2. The number of hydrogen-bond acceptors (Lipinski definition) is 3. The van der Waals surface area contributed by atoms with Gasteiger partial charge in [-0.2, -0.15) is 0 Å². The van der Waals surface area contributed by atoms with Gasteiger partial charge in [-0.05, 0) is 6.08 Å². The van der Waals surface area contributed by atoms with Crippen LogP contribution in [0.3, 0.4) is 0 Å². The van der Waals surface area contributed by atoms with E-state index in [1.807, 2.05) is 0 Å². The Bertz CT molecular complexity index is 81.7. The molecule has 0 spiro atoms. The first-order valence-corrected chi connectivity index (χ1v) is 2.11. The van der Waals surface area contributed by atoms with Crippen LogP contribution < -0.4 is 0 Å². The van der Waals surface area contributed by atoms with Crippen LogP contribution in [0.15, 0.2) is 12.3 Å². The molecule has 1 aliphatic heterocycles. The first kappa shape index (κ1) is 4.61. The number of β-amino-alcohol motifs (C(OH)–C–C–N with tert-alkyl or cyclic N) is 1. The summed E-state index contributed by atoms with van der Waals surface area (Å²) in [5.41, 5.74) is 0. The highest BCUT2D eigenvalue weighted by Gasteiger charge is 2.08. The molecule has 1 rings (SSSR count). The summed E-state index contributed by atoms with van der Waals surface area (Å²) in [7, 11) is 0. The first-order chi connectivity index (χ1) is 3.29. The Morgan fingerprint density at radius 2 is 2.43 bits per heavy atom. The van der Waals surface area contributed by atoms with E-state index in [1.54, 1.807) is 0 Å². The van der Waals surface area contributed by atoms with Gasteiger partial charge in [-0.15, -0.1) is 0 Å². The van der Waals surface area contributed by atoms with Gasteiger partial charge >= 0.3 is 0 Å². The summed E-state index contributed by atoms with van der Waals surface area (Å²) in [6.07, 6.45) is 2.48. The highest BCUT2D eigenvalue weighted by atomic mass is 16.5. The average molecular weight is 101 g/mol. The zero-order valence-corrected chi connectivity index (χ0v) is 3.78. The molecule has 0 fully saturated rings. The molecule has 1 aliphatic rings. The van der Waals surface area contributed by atoms with Crippen LogP contribution in [0.1, 0.15) is 0 Å². The molecule has 1 heterocycles. The minimum absolute atomic E-state index is 0.306. The third-order valence-corrected chi connectivity index (χ3v) is 0.854. The van der Waals surface area contributed by atoms with Gasteiger partial charge in [0.1, 0.15) is 0 Å². The van der Waals surface area contributed by atoms with Crippen molar-refractivity contribution in [3.8, 4) is 0 Å². The normalized spacial score (nSPS) is 29.4. The second-order valence-electron chi connectivity index (χ2n) is 1.53. The van der Waals surface area contributed by atoms with Gasteiger partial charge in [-0.25, -0.2) is 0 Å². The largest absolute Gasteiger partial charge is 0.387 e. The van der Waals surface area contributed by atoms with Crippen molar-refractivity contribution in [3.63, 3.8) is 0 Å². The topological polar surface area (TPSA) is 43.7 Å². The minimum atomic E-state index is -0.481. The van der Waals surface area contributed by atoms with Crippen molar-refractivity contribution in [2.75, 3.05) is 6.54 Å². The van der Waals surface area contributed by atoms with Crippen LogP contribution in [0.5, 0.6) is 0 Å². The van der Waals surface area contributed by atoms with Crippen LogP contribution in [-0.2, 0) is 0 Å². The van der Waals surface area contributed by atoms with Gasteiger partial charge in [0.15, 0.2) is 0 Å². The van der Waals surface area contributed by atoms with Crippen molar-refractivity contribution in [2.45, 2.75) is 6.10 Å². The SMILES string of the molecule is OC1C=CN(O)C1. The van der Waals surface area contributed by atoms with Crippen molar-refractivity contribution in [1.82, 2.24) is 5.06 Å². The summed E-state index contributed by atoms with van der Waals surface area (Å²) in [4.78, 5) is 0. The summed E-state index contributed by atoms with van der Waals surface area (Å²) >= 11 is 0. The maximum Gasteiger partial charge on any atom is 0.0938 e. The highest BCUT2D eigenvalue weighted by molar-refractivity contribution is 4.94. The second kappa shape index (κ2) is 1.52. The zero-order valence-electron chi connectivity index (χ0n) is 3.78. The Hall–Kier alpha value is -0.540. The Kier molecular flexibility index (Phi) is 1.00.